The minimum Gasteiger partial charge on any atom is -0.330 e. The first kappa shape index (κ1) is 10.7. The number of hydrogen-bond acceptors (Lipinski definition) is 3. The summed E-state index contributed by atoms with van der Waals surface area (Å²) in [6.45, 7) is 4.18. The van der Waals surface area contributed by atoms with Gasteiger partial charge in [0.15, 0.2) is 5.82 Å². The number of H-pyrrole nitrogens is 1. The zero-order valence-electron chi connectivity index (χ0n) is 8.50. The third kappa shape index (κ3) is 2.56. The average molecular weight is 196 g/mol. The van der Waals surface area contributed by atoms with Crippen molar-refractivity contribution in [2.45, 2.75) is 20.3 Å². The Morgan fingerprint density at radius 1 is 1.79 bits per heavy atom. The molecule has 0 aromatic carbocycles. The largest absolute Gasteiger partial charge is 0.330 e. The van der Waals surface area contributed by atoms with Gasteiger partial charge >= 0.3 is 0 Å². The highest BCUT2D eigenvalue weighted by Gasteiger charge is 2.15. The Hall–Kier alpha value is -1.36. The molecule has 5 nitrogen and oxygen atoms in total. The van der Waals surface area contributed by atoms with Crippen molar-refractivity contribution in [3.8, 4) is 0 Å². The highest BCUT2D eigenvalue weighted by molar-refractivity contribution is 5.91. The van der Waals surface area contributed by atoms with Gasteiger partial charge in [-0.1, -0.05) is 6.92 Å². The minimum atomic E-state index is -0.132. The molecule has 14 heavy (non-hydrogen) atoms. The molecule has 1 amide bonds. The van der Waals surface area contributed by atoms with E-state index >= 15 is 0 Å². The molecule has 78 valence electrons. The number of aryl methyl sites for hydroxylation is 1. The van der Waals surface area contributed by atoms with Crippen LogP contribution < -0.4 is 11.1 Å². The zero-order valence-corrected chi connectivity index (χ0v) is 8.50. The van der Waals surface area contributed by atoms with E-state index in [2.05, 4.69) is 15.5 Å². The van der Waals surface area contributed by atoms with Crippen molar-refractivity contribution in [3.63, 3.8) is 0 Å². The van der Waals surface area contributed by atoms with Crippen molar-refractivity contribution in [2.75, 3.05) is 11.9 Å². The van der Waals surface area contributed by atoms with Gasteiger partial charge in [0.25, 0.3) is 0 Å². The lowest BCUT2D eigenvalue weighted by atomic mass is 10.1. The summed E-state index contributed by atoms with van der Waals surface area (Å²) >= 11 is 0. The van der Waals surface area contributed by atoms with Gasteiger partial charge in [-0.2, -0.15) is 5.10 Å². The molecule has 1 atom stereocenters. The maximum absolute atomic E-state index is 11.5. The predicted octanol–water partition coefficient (Wildman–Crippen LogP) is 0.642. The van der Waals surface area contributed by atoms with Gasteiger partial charge in [0.2, 0.25) is 5.91 Å². The molecular formula is C9H16N4O. The monoisotopic (exact) mass is 196 g/mol. The molecule has 1 aromatic heterocycles. The Labute approximate surface area is 83.1 Å². The molecule has 0 spiro atoms. The van der Waals surface area contributed by atoms with Gasteiger partial charge < -0.3 is 11.1 Å². The summed E-state index contributed by atoms with van der Waals surface area (Å²) in [5, 5.41) is 9.37. The lowest BCUT2D eigenvalue weighted by Gasteiger charge is -2.10. The fourth-order valence-electron chi connectivity index (χ4n) is 1.17. The Morgan fingerprint density at radius 3 is 2.93 bits per heavy atom. The van der Waals surface area contributed by atoms with E-state index in [4.69, 9.17) is 5.73 Å². The number of aromatic amines is 1. The number of nitrogens with two attached hydrogens (primary N) is 1. The maximum atomic E-state index is 11.5. The van der Waals surface area contributed by atoms with E-state index in [1.807, 2.05) is 13.8 Å². The highest BCUT2D eigenvalue weighted by Crippen LogP contribution is 2.07. The predicted molar refractivity (Wildman–Crippen MR) is 54.8 cm³/mol. The summed E-state index contributed by atoms with van der Waals surface area (Å²) in [6.07, 6.45) is 0.742. The molecule has 0 aliphatic rings. The molecule has 4 N–H and O–H groups in total. The number of rotatable bonds is 4. The van der Waals surface area contributed by atoms with Gasteiger partial charge in [-0.25, -0.2) is 0 Å². The van der Waals surface area contributed by atoms with Crippen LogP contribution in [0.1, 0.15) is 19.0 Å². The van der Waals surface area contributed by atoms with Crippen LogP contribution in [0.3, 0.4) is 0 Å². The third-order valence-corrected chi connectivity index (χ3v) is 2.11. The van der Waals surface area contributed by atoms with Crippen LogP contribution in [0.4, 0.5) is 5.82 Å². The molecule has 1 aromatic rings. The van der Waals surface area contributed by atoms with Gasteiger partial charge in [0, 0.05) is 18.3 Å². The number of nitrogens with one attached hydrogen (secondary N) is 2. The van der Waals surface area contributed by atoms with E-state index in [1.165, 1.54) is 0 Å². The first-order chi connectivity index (χ1) is 6.67. The molecule has 0 saturated heterocycles. The Kier molecular flexibility index (Phi) is 3.64. The summed E-state index contributed by atoms with van der Waals surface area (Å²) < 4.78 is 0. The maximum Gasteiger partial charge on any atom is 0.229 e. The van der Waals surface area contributed by atoms with Crippen molar-refractivity contribution in [1.29, 1.82) is 0 Å². The van der Waals surface area contributed by atoms with Crippen molar-refractivity contribution >= 4 is 11.7 Å². The van der Waals surface area contributed by atoms with Crippen molar-refractivity contribution in [1.82, 2.24) is 10.2 Å². The van der Waals surface area contributed by atoms with Gasteiger partial charge in [0.1, 0.15) is 0 Å². The van der Waals surface area contributed by atoms with E-state index in [1.54, 1.807) is 6.07 Å². The third-order valence-electron chi connectivity index (χ3n) is 2.11. The molecule has 1 rings (SSSR count). The normalized spacial score (nSPS) is 12.5. The molecule has 1 unspecified atom stereocenters. The molecule has 5 heteroatoms. The summed E-state index contributed by atoms with van der Waals surface area (Å²) in [5.41, 5.74) is 6.37. The Balaban J connectivity index is 2.56. The van der Waals surface area contributed by atoms with Crippen LogP contribution in [0.2, 0.25) is 0 Å². The molecule has 0 aliphatic heterocycles. The van der Waals surface area contributed by atoms with E-state index in [9.17, 15) is 4.79 Å². The fourth-order valence-corrected chi connectivity index (χ4v) is 1.17. The van der Waals surface area contributed by atoms with Crippen LogP contribution in [0.25, 0.3) is 0 Å². The van der Waals surface area contributed by atoms with Crippen LogP contribution in [-0.4, -0.2) is 22.6 Å². The standard InChI is InChI=1S/C9H16N4O/c1-3-7(5-10)9(14)11-8-4-6(2)12-13-8/h4,7H,3,5,10H2,1-2H3,(H2,11,12,13,14). The van der Waals surface area contributed by atoms with Gasteiger partial charge in [0.05, 0.1) is 5.92 Å². The topological polar surface area (TPSA) is 83.8 Å². The molecule has 0 radical (unpaired) electrons. The lowest BCUT2D eigenvalue weighted by molar-refractivity contribution is -0.119. The second kappa shape index (κ2) is 4.76. The van der Waals surface area contributed by atoms with Crippen LogP contribution in [-0.2, 0) is 4.79 Å². The van der Waals surface area contributed by atoms with Gasteiger partial charge in [-0.3, -0.25) is 9.89 Å². The second-order valence-corrected chi connectivity index (χ2v) is 3.27. The van der Waals surface area contributed by atoms with Gasteiger partial charge in [-0.05, 0) is 13.3 Å². The van der Waals surface area contributed by atoms with E-state index in [0.29, 0.717) is 12.4 Å². The van der Waals surface area contributed by atoms with Crippen molar-refractivity contribution in [3.05, 3.63) is 11.8 Å². The van der Waals surface area contributed by atoms with Crippen molar-refractivity contribution < 1.29 is 4.79 Å². The number of anilines is 1. The van der Waals surface area contributed by atoms with E-state index < -0.39 is 0 Å². The first-order valence-electron chi connectivity index (χ1n) is 4.70. The molecule has 0 bridgehead atoms. The number of carbonyl (C=O) groups excluding carboxylic acids is 1. The Bertz CT molecular complexity index is 304. The molecular weight excluding hydrogens is 180 g/mol. The number of aromatic nitrogens is 2. The summed E-state index contributed by atoms with van der Waals surface area (Å²) in [4.78, 5) is 11.5. The SMILES string of the molecule is CCC(CN)C(=O)Nc1cc(C)[nH]n1. The molecule has 0 aliphatic carbocycles. The summed E-state index contributed by atoms with van der Waals surface area (Å²) in [6, 6.07) is 1.78. The molecule has 0 saturated carbocycles. The summed E-state index contributed by atoms with van der Waals surface area (Å²) in [5.74, 6) is 0.355. The first-order valence-corrected chi connectivity index (χ1v) is 4.70. The van der Waals surface area contributed by atoms with Gasteiger partial charge in [-0.15, -0.1) is 0 Å². The Morgan fingerprint density at radius 2 is 2.50 bits per heavy atom. The number of amides is 1. The number of carbonyl (C=O) groups is 1. The van der Waals surface area contributed by atoms with E-state index in [0.717, 1.165) is 12.1 Å². The van der Waals surface area contributed by atoms with Crippen LogP contribution in [0.15, 0.2) is 6.07 Å². The van der Waals surface area contributed by atoms with E-state index in [-0.39, 0.29) is 11.8 Å². The smallest absolute Gasteiger partial charge is 0.229 e. The van der Waals surface area contributed by atoms with Crippen LogP contribution in [0, 0.1) is 12.8 Å². The average Bonchev–Trinajstić information content (AvgIpc) is 2.53. The second-order valence-electron chi connectivity index (χ2n) is 3.27. The lowest BCUT2D eigenvalue weighted by Crippen LogP contribution is -2.28. The minimum absolute atomic E-state index is 0.0681. The number of nitrogens with zero attached hydrogens (tertiary/aromatic N) is 1. The van der Waals surface area contributed by atoms with Crippen LogP contribution in [0.5, 0.6) is 0 Å². The molecule has 1 heterocycles. The fraction of sp³-hybridized carbons (Fsp3) is 0.556. The zero-order chi connectivity index (χ0) is 10.6. The van der Waals surface area contributed by atoms with Crippen LogP contribution >= 0.6 is 0 Å². The van der Waals surface area contributed by atoms with Crippen molar-refractivity contribution in [2.24, 2.45) is 11.7 Å². The quantitative estimate of drug-likeness (QED) is 0.660. The summed E-state index contributed by atoms with van der Waals surface area (Å²) in [7, 11) is 0. The molecule has 0 fully saturated rings. The highest BCUT2D eigenvalue weighted by atomic mass is 16.2. The number of hydrogen-bond donors (Lipinski definition) is 3.